The Kier molecular flexibility index (Phi) is 6.67. The van der Waals surface area contributed by atoms with Gasteiger partial charge in [0, 0.05) is 17.3 Å². The molecule has 11 atom stereocenters. The van der Waals surface area contributed by atoms with E-state index < -0.39 is 75.8 Å². The van der Waals surface area contributed by atoms with E-state index in [-0.39, 0.29) is 32.1 Å². The molecule has 0 radical (unpaired) electrons. The molecule has 0 aliphatic heterocycles. The van der Waals surface area contributed by atoms with Crippen molar-refractivity contribution in [2.75, 3.05) is 6.61 Å². The fraction of sp³-hybridized carbons (Fsp3) is 0.889. The zero-order chi connectivity index (χ0) is 27.1. The van der Waals surface area contributed by atoms with Crippen molar-refractivity contribution in [1.82, 2.24) is 0 Å². The Labute approximate surface area is 212 Å². The summed E-state index contributed by atoms with van der Waals surface area (Å²) in [6.45, 7) is 6.16. The van der Waals surface area contributed by atoms with Crippen LogP contribution in [-0.2, 0) is 4.79 Å². The van der Waals surface area contributed by atoms with E-state index in [9.17, 15) is 45.6 Å². The van der Waals surface area contributed by atoms with Crippen LogP contribution < -0.4 is 0 Å². The standard InChI is InChI=1S/C27H44O9/c1-22(33,14-28)8-7-20(31)25(4,34)19-6-10-26(35)16-11-21(32)27(36)13-18(30)17(29)12-24(27,3)15(16)5-9-23(19,26)2/h11,15,17-20,28-31,33-36H,5-10,12-14H2,1-4H3/t15-,17-,18+,19-,20+,22-,23+,24+,25+,26+,27+/m0/s1. The molecule has 8 N–H and O–H groups in total. The number of carbonyl (C=O) groups excluding carboxylic acids is 1. The van der Waals surface area contributed by atoms with Gasteiger partial charge >= 0.3 is 0 Å². The molecule has 0 unspecified atom stereocenters. The third kappa shape index (κ3) is 3.69. The Morgan fingerprint density at radius 2 is 1.61 bits per heavy atom. The number of ketones is 1. The number of hydrogen-bond acceptors (Lipinski definition) is 9. The molecule has 206 valence electrons. The summed E-state index contributed by atoms with van der Waals surface area (Å²) in [4.78, 5) is 13.3. The molecule has 0 saturated heterocycles. The summed E-state index contributed by atoms with van der Waals surface area (Å²) in [5, 5.41) is 86.4. The highest BCUT2D eigenvalue weighted by Crippen LogP contribution is 2.69. The van der Waals surface area contributed by atoms with Crippen LogP contribution in [0.5, 0.6) is 0 Å². The van der Waals surface area contributed by atoms with E-state index in [4.69, 9.17) is 0 Å². The first-order valence-electron chi connectivity index (χ1n) is 13.2. The van der Waals surface area contributed by atoms with Crippen LogP contribution in [0.1, 0.15) is 79.1 Å². The first-order chi connectivity index (χ1) is 16.4. The quantitative estimate of drug-likeness (QED) is 0.242. The number of aliphatic hydroxyl groups excluding tert-OH is 4. The minimum Gasteiger partial charge on any atom is -0.393 e. The van der Waals surface area contributed by atoms with Gasteiger partial charge in [-0.25, -0.2) is 0 Å². The third-order valence-corrected chi connectivity index (χ3v) is 11.0. The first-order valence-corrected chi connectivity index (χ1v) is 13.2. The largest absolute Gasteiger partial charge is 0.393 e. The fourth-order valence-electron chi connectivity index (χ4n) is 8.34. The van der Waals surface area contributed by atoms with Crippen molar-refractivity contribution in [3.05, 3.63) is 11.6 Å². The summed E-state index contributed by atoms with van der Waals surface area (Å²) >= 11 is 0. The van der Waals surface area contributed by atoms with Crippen molar-refractivity contribution in [3.63, 3.8) is 0 Å². The summed E-state index contributed by atoms with van der Waals surface area (Å²) in [5.74, 6) is -1.50. The maximum absolute atomic E-state index is 13.3. The second-order valence-electron chi connectivity index (χ2n) is 13.2. The lowest BCUT2D eigenvalue weighted by molar-refractivity contribution is -0.211. The van der Waals surface area contributed by atoms with E-state index in [0.717, 1.165) is 0 Å². The Morgan fingerprint density at radius 1 is 1.00 bits per heavy atom. The summed E-state index contributed by atoms with van der Waals surface area (Å²) in [6.07, 6.45) is -0.649. The van der Waals surface area contributed by atoms with E-state index in [0.29, 0.717) is 24.8 Å². The van der Waals surface area contributed by atoms with Crippen molar-refractivity contribution in [1.29, 1.82) is 0 Å². The zero-order valence-electron chi connectivity index (χ0n) is 21.8. The summed E-state index contributed by atoms with van der Waals surface area (Å²) in [7, 11) is 0. The average Bonchev–Trinajstić information content (AvgIpc) is 3.07. The van der Waals surface area contributed by atoms with Gasteiger partial charge in [-0.1, -0.05) is 13.8 Å². The van der Waals surface area contributed by atoms with Crippen molar-refractivity contribution in [3.8, 4) is 0 Å². The number of hydrogen-bond donors (Lipinski definition) is 8. The van der Waals surface area contributed by atoms with Gasteiger partial charge in [0.15, 0.2) is 5.78 Å². The molecule has 0 aromatic carbocycles. The van der Waals surface area contributed by atoms with Crippen molar-refractivity contribution in [2.24, 2.45) is 22.7 Å². The predicted octanol–water partition coefficient (Wildman–Crippen LogP) is -0.0587. The highest BCUT2D eigenvalue weighted by molar-refractivity contribution is 6.00. The predicted molar refractivity (Wildman–Crippen MR) is 129 cm³/mol. The lowest BCUT2D eigenvalue weighted by atomic mass is 9.44. The van der Waals surface area contributed by atoms with Crippen LogP contribution in [0.3, 0.4) is 0 Å². The molecule has 0 aromatic heterocycles. The smallest absolute Gasteiger partial charge is 0.187 e. The van der Waals surface area contributed by atoms with Crippen LogP contribution in [0.25, 0.3) is 0 Å². The zero-order valence-corrected chi connectivity index (χ0v) is 21.8. The van der Waals surface area contributed by atoms with Crippen molar-refractivity contribution < 1.29 is 45.6 Å². The van der Waals surface area contributed by atoms with Gasteiger partial charge in [0.25, 0.3) is 0 Å². The molecule has 4 rings (SSSR count). The fourth-order valence-corrected chi connectivity index (χ4v) is 8.34. The Balaban J connectivity index is 1.68. The molecule has 36 heavy (non-hydrogen) atoms. The monoisotopic (exact) mass is 512 g/mol. The lowest BCUT2D eigenvalue weighted by Crippen LogP contribution is -2.69. The maximum Gasteiger partial charge on any atom is 0.187 e. The molecule has 9 nitrogen and oxygen atoms in total. The molecule has 4 aliphatic rings. The van der Waals surface area contributed by atoms with Crippen LogP contribution in [0.4, 0.5) is 0 Å². The molecule has 3 saturated carbocycles. The first kappa shape index (κ1) is 28.1. The van der Waals surface area contributed by atoms with Gasteiger partial charge < -0.3 is 40.9 Å². The molecular formula is C27H44O9. The number of fused-ring (bicyclic) bond motifs is 5. The molecule has 0 bridgehead atoms. The third-order valence-electron chi connectivity index (χ3n) is 11.0. The molecule has 4 aliphatic carbocycles. The van der Waals surface area contributed by atoms with Crippen molar-refractivity contribution in [2.45, 2.75) is 120 Å². The van der Waals surface area contributed by atoms with Crippen molar-refractivity contribution >= 4 is 5.78 Å². The normalized spacial score (nSPS) is 48.7. The van der Waals surface area contributed by atoms with Crippen LogP contribution in [-0.4, -0.2) is 94.0 Å². The van der Waals surface area contributed by atoms with Crippen LogP contribution in [0, 0.1) is 22.7 Å². The van der Waals surface area contributed by atoms with Crippen LogP contribution in [0.2, 0.25) is 0 Å². The number of carbonyl (C=O) groups is 1. The van der Waals surface area contributed by atoms with Crippen LogP contribution in [0.15, 0.2) is 11.6 Å². The number of aliphatic hydroxyl groups is 8. The van der Waals surface area contributed by atoms with Gasteiger partial charge in [-0.15, -0.1) is 0 Å². The second-order valence-corrected chi connectivity index (χ2v) is 13.2. The van der Waals surface area contributed by atoms with Gasteiger partial charge in [0.1, 0.15) is 5.60 Å². The summed E-state index contributed by atoms with van der Waals surface area (Å²) in [6, 6.07) is 0. The average molecular weight is 513 g/mol. The lowest BCUT2D eigenvalue weighted by Gasteiger charge is -2.62. The van der Waals surface area contributed by atoms with Crippen LogP contribution >= 0.6 is 0 Å². The van der Waals surface area contributed by atoms with E-state index in [1.807, 2.05) is 6.92 Å². The van der Waals surface area contributed by atoms with Gasteiger partial charge in [-0.2, -0.15) is 0 Å². The molecule has 0 heterocycles. The van der Waals surface area contributed by atoms with Gasteiger partial charge in [-0.05, 0) is 82.3 Å². The topological polar surface area (TPSA) is 179 Å². The second kappa shape index (κ2) is 8.55. The minimum absolute atomic E-state index is 0.0237. The molecule has 9 heteroatoms. The Morgan fingerprint density at radius 3 is 2.22 bits per heavy atom. The van der Waals surface area contributed by atoms with E-state index >= 15 is 0 Å². The summed E-state index contributed by atoms with van der Waals surface area (Å²) < 4.78 is 0. The van der Waals surface area contributed by atoms with Gasteiger partial charge in [0.05, 0.1) is 41.7 Å². The molecule has 0 aromatic rings. The molecule has 0 spiro atoms. The summed E-state index contributed by atoms with van der Waals surface area (Å²) in [5.41, 5.74) is -7.72. The Bertz CT molecular complexity index is 930. The SMILES string of the molecule is C[C@@](O)(CO)CC[C@@H](O)[C@](C)(O)[C@H]1CC[C@@]2(O)C3=CC(=O)[C@]4(O)C[C@@H](O)[C@@H](O)C[C@]4(C)[C@H]3CC[C@]12C. The van der Waals surface area contributed by atoms with E-state index in [1.165, 1.54) is 13.0 Å². The highest BCUT2D eigenvalue weighted by atomic mass is 16.4. The minimum atomic E-state index is -1.84. The van der Waals surface area contributed by atoms with Gasteiger partial charge in [-0.3, -0.25) is 4.79 Å². The Hall–Kier alpha value is -0.910. The van der Waals surface area contributed by atoms with E-state index in [1.54, 1.807) is 13.8 Å². The number of rotatable bonds is 6. The highest BCUT2D eigenvalue weighted by Gasteiger charge is 2.71. The molecule has 3 fully saturated rings. The van der Waals surface area contributed by atoms with Gasteiger partial charge in [0.2, 0.25) is 0 Å². The molecule has 0 amide bonds. The maximum atomic E-state index is 13.3. The molecular weight excluding hydrogens is 468 g/mol. The van der Waals surface area contributed by atoms with E-state index in [2.05, 4.69) is 0 Å².